The molecule has 1 aliphatic rings. The van der Waals surface area contributed by atoms with E-state index in [1.165, 1.54) is 0 Å². The van der Waals surface area contributed by atoms with Gasteiger partial charge in [0.2, 0.25) is 0 Å². The lowest BCUT2D eigenvalue weighted by Gasteiger charge is -2.32. The molecular formula is C11H18O2. The Balaban J connectivity index is 2.71. The third-order valence-electron chi connectivity index (χ3n) is 2.89. The van der Waals surface area contributed by atoms with E-state index in [0.717, 1.165) is 6.42 Å². The second kappa shape index (κ2) is 4.45. The van der Waals surface area contributed by atoms with E-state index < -0.39 is 0 Å². The molecule has 3 unspecified atom stereocenters. The molecule has 0 aromatic carbocycles. The molecule has 0 N–H and O–H groups in total. The number of rotatable bonds is 2. The Morgan fingerprint density at radius 2 is 2.31 bits per heavy atom. The highest BCUT2D eigenvalue weighted by Gasteiger charge is 2.34. The summed E-state index contributed by atoms with van der Waals surface area (Å²) in [5.74, 6) is 0.896. The molecule has 1 rings (SSSR count). The Hall–Kier alpha value is -0.790. The van der Waals surface area contributed by atoms with Crippen molar-refractivity contribution in [1.29, 1.82) is 0 Å². The first kappa shape index (κ1) is 10.3. The highest BCUT2D eigenvalue weighted by molar-refractivity contribution is 5.73. The molecule has 0 bridgehead atoms. The fourth-order valence-electron chi connectivity index (χ4n) is 2.08. The van der Waals surface area contributed by atoms with Crippen LogP contribution in [0, 0.1) is 17.8 Å². The first-order valence-corrected chi connectivity index (χ1v) is 5.00. The van der Waals surface area contributed by atoms with Crippen LogP contribution in [0.15, 0.2) is 12.2 Å². The molecule has 0 aromatic rings. The van der Waals surface area contributed by atoms with Crippen molar-refractivity contribution in [2.24, 2.45) is 17.8 Å². The smallest absolute Gasteiger partial charge is 0.308 e. The fourth-order valence-corrected chi connectivity index (χ4v) is 2.08. The standard InChI is InChI=1S/C11H18O2/c1-4-6-9-7-13-11(12)8(3)10(9)5-2/h4,6,8-10H,5,7H2,1-3H3. The first-order valence-electron chi connectivity index (χ1n) is 5.00. The molecule has 3 atom stereocenters. The molecule has 13 heavy (non-hydrogen) atoms. The number of carbonyl (C=O) groups excluding carboxylic acids is 1. The van der Waals surface area contributed by atoms with Gasteiger partial charge >= 0.3 is 5.97 Å². The van der Waals surface area contributed by atoms with Gasteiger partial charge in [-0.2, -0.15) is 0 Å². The Morgan fingerprint density at radius 3 is 2.85 bits per heavy atom. The van der Waals surface area contributed by atoms with E-state index in [1.54, 1.807) is 0 Å². The number of ether oxygens (including phenoxy) is 1. The Morgan fingerprint density at radius 1 is 1.62 bits per heavy atom. The maximum atomic E-state index is 11.3. The summed E-state index contributed by atoms with van der Waals surface area (Å²) in [6.45, 7) is 6.67. The lowest BCUT2D eigenvalue weighted by molar-refractivity contribution is -0.158. The molecule has 0 amide bonds. The van der Waals surface area contributed by atoms with Crippen LogP contribution in [0.4, 0.5) is 0 Å². The van der Waals surface area contributed by atoms with Crippen molar-refractivity contribution in [3.05, 3.63) is 12.2 Å². The molecule has 74 valence electrons. The minimum Gasteiger partial charge on any atom is -0.465 e. The molecule has 1 saturated heterocycles. The number of allylic oxidation sites excluding steroid dienone is 1. The highest BCUT2D eigenvalue weighted by atomic mass is 16.5. The normalized spacial score (nSPS) is 35.0. The van der Waals surface area contributed by atoms with Crippen LogP contribution < -0.4 is 0 Å². The van der Waals surface area contributed by atoms with Gasteiger partial charge in [0.1, 0.15) is 0 Å². The second-order valence-corrected chi connectivity index (χ2v) is 3.68. The van der Waals surface area contributed by atoms with Crippen LogP contribution >= 0.6 is 0 Å². The van der Waals surface area contributed by atoms with Crippen molar-refractivity contribution in [2.75, 3.05) is 6.61 Å². The number of esters is 1. The van der Waals surface area contributed by atoms with Crippen molar-refractivity contribution >= 4 is 5.97 Å². The van der Waals surface area contributed by atoms with Crippen LogP contribution in [0.3, 0.4) is 0 Å². The summed E-state index contributed by atoms with van der Waals surface area (Å²) in [6, 6.07) is 0. The van der Waals surface area contributed by atoms with E-state index >= 15 is 0 Å². The third-order valence-corrected chi connectivity index (χ3v) is 2.89. The molecule has 2 heteroatoms. The van der Waals surface area contributed by atoms with Gasteiger partial charge in [-0.15, -0.1) is 0 Å². The maximum absolute atomic E-state index is 11.3. The van der Waals surface area contributed by atoms with Gasteiger partial charge in [-0.25, -0.2) is 0 Å². The minimum absolute atomic E-state index is 0.0346. The predicted molar refractivity (Wildman–Crippen MR) is 52.2 cm³/mol. The van der Waals surface area contributed by atoms with Gasteiger partial charge in [0.05, 0.1) is 12.5 Å². The largest absolute Gasteiger partial charge is 0.465 e. The van der Waals surface area contributed by atoms with Gasteiger partial charge in [-0.05, 0) is 12.8 Å². The average molecular weight is 182 g/mol. The molecule has 2 nitrogen and oxygen atoms in total. The summed E-state index contributed by atoms with van der Waals surface area (Å²) in [6.07, 6.45) is 5.24. The van der Waals surface area contributed by atoms with Crippen molar-refractivity contribution in [2.45, 2.75) is 27.2 Å². The monoisotopic (exact) mass is 182 g/mol. The molecule has 1 fully saturated rings. The van der Waals surface area contributed by atoms with E-state index in [9.17, 15) is 4.79 Å². The Labute approximate surface area is 80.0 Å². The lowest BCUT2D eigenvalue weighted by atomic mass is 9.79. The SMILES string of the molecule is CC=CC1COC(=O)C(C)C1CC. The van der Waals surface area contributed by atoms with Gasteiger partial charge in [-0.1, -0.05) is 32.4 Å². The van der Waals surface area contributed by atoms with E-state index in [-0.39, 0.29) is 11.9 Å². The van der Waals surface area contributed by atoms with Crippen molar-refractivity contribution in [3.8, 4) is 0 Å². The van der Waals surface area contributed by atoms with Gasteiger partial charge in [0.25, 0.3) is 0 Å². The molecule has 0 aliphatic carbocycles. The molecule has 0 saturated carbocycles. The zero-order valence-electron chi connectivity index (χ0n) is 8.62. The Kier molecular flexibility index (Phi) is 3.52. The Bertz CT molecular complexity index is 208. The van der Waals surface area contributed by atoms with Crippen LogP contribution in [-0.2, 0) is 9.53 Å². The lowest BCUT2D eigenvalue weighted by Crippen LogP contribution is -2.36. The highest BCUT2D eigenvalue weighted by Crippen LogP contribution is 2.31. The minimum atomic E-state index is -0.0346. The number of hydrogen-bond donors (Lipinski definition) is 0. The van der Waals surface area contributed by atoms with Crippen LogP contribution in [0.2, 0.25) is 0 Å². The average Bonchev–Trinajstić information content (AvgIpc) is 2.12. The molecule has 0 radical (unpaired) electrons. The van der Waals surface area contributed by atoms with E-state index in [1.807, 2.05) is 19.9 Å². The molecule has 0 aromatic heterocycles. The van der Waals surface area contributed by atoms with E-state index in [2.05, 4.69) is 13.0 Å². The zero-order valence-corrected chi connectivity index (χ0v) is 8.62. The second-order valence-electron chi connectivity index (χ2n) is 3.68. The quantitative estimate of drug-likeness (QED) is 0.484. The number of hydrogen-bond acceptors (Lipinski definition) is 2. The van der Waals surface area contributed by atoms with Crippen LogP contribution in [0.5, 0.6) is 0 Å². The van der Waals surface area contributed by atoms with Gasteiger partial charge in [-0.3, -0.25) is 4.79 Å². The fraction of sp³-hybridized carbons (Fsp3) is 0.727. The van der Waals surface area contributed by atoms with Crippen molar-refractivity contribution in [1.82, 2.24) is 0 Å². The predicted octanol–water partition coefficient (Wildman–Crippen LogP) is 2.40. The molecular weight excluding hydrogens is 164 g/mol. The summed E-state index contributed by atoms with van der Waals surface area (Å²) in [7, 11) is 0. The number of cyclic esters (lactones) is 1. The van der Waals surface area contributed by atoms with Crippen LogP contribution in [0.25, 0.3) is 0 Å². The molecule has 1 heterocycles. The van der Waals surface area contributed by atoms with E-state index in [4.69, 9.17) is 4.74 Å². The summed E-state index contributed by atoms with van der Waals surface area (Å²) in [5, 5.41) is 0. The van der Waals surface area contributed by atoms with Gasteiger partial charge < -0.3 is 4.74 Å². The van der Waals surface area contributed by atoms with Gasteiger partial charge in [0.15, 0.2) is 0 Å². The zero-order chi connectivity index (χ0) is 9.84. The first-order chi connectivity index (χ1) is 6.20. The summed E-state index contributed by atoms with van der Waals surface area (Å²) in [5.41, 5.74) is 0. The van der Waals surface area contributed by atoms with Crippen molar-refractivity contribution < 1.29 is 9.53 Å². The van der Waals surface area contributed by atoms with Crippen LogP contribution in [-0.4, -0.2) is 12.6 Å². The summed E-state index contributed by atoms with van der Waals surface area (Å²) >= 11 is 0. The number of carbonyl (C=O) groups is 1. The molecule has 1 aliphatic heterocycles. The summed E-state index contributed by atoms with van der Waals surface area (Å²) < 4.78 is 5.10. The molecule has 0 spiro atoms. The third kappa shape index (κ3) is 2.11. The van der Waals surface area contributed by atoms with Gasteiger partial charge in [0, 0.05) is 5.92 Å². The maximum Gasteiger partial charge on any atom is 0.308 e. The van der Waals surface area contributed by atoms with E-state index in [0.29, 0.717) is 18.4 Å². The summed E-state index contributed by atoms with van der Waals surface area (Å²) in [4.78, 5) is 11.3. The van der Waals surface area contributed by atoms with Crippen LogP contribution in [0.1, 0.15) is 27.2 Å². The van der Waals surface area contributed by atoms with Crippen molar-refractivity contribution in [3.63, 3.8) is 0 Å². The topological polar surface area (TPSA) is 26.3 Å².